The molecule has 1 aromatic carbocycles. The van der Waals surface area contributed by atoms with Gasteiger partial charge in [-0.05, 0) is 31.5 Å². The molecule has 0 atom stereocenters. The number of carbonyl (C=O) groups excluding carboxylic acids is 1. The maximum atomic E-state index is 11.9. The van der Waals surface area contributed by atoms with Crippen molar-refractivity contribution in [2.24, 2.45) is 5.41 Å². The van der Waals surface area contributed by atoms with E-state index in [1.165, 1.54) is 0 Å². The van der Waals surface area contributed by atoms with Gasteiger partial charge in [-0.15, -0.1) is 0 Å². The Labute approximate surface area is 132 Å². The lowest BCUT2D eigenvalue weighted by Crippen LogP contribution is -2.47. The van der Waals surface area contributed by atoms with Crippen molar-refractivity contribution in [2.75, 3.05) is 40.0 Å². The number of piperidine rings is 1. The Hall–Kier alpha value is -1.43. The summed E-state index contributed by atoms with van der Waals surface area (Å²) in [6.45, 7) is 3.83. The molecule has 0 bridgehead atoms. The average Bonchev–Trinajstić information content (AvgIpc) is 2.55. The van der Waals surface area contributed by atoms with Crippen LogP contribution in [-0.4, -0.2) is 45.9 Å². The van der Waals surface area contributed by atoms with Crippen LogP contribution in [0.4, 0.5) is 0 Å². The fraction of sp³-hybridized carbons (Fsp3) is 0.588. The molecule has 122 valence electrons. The molecule has 1 aliphatic rings. The van der Waals surface area contributed by atoms with Crippen LogP contribution in [0.25, 0.3) is 0 Å². The average molecular weight is 306 g/mol. The number of benzene rings is 1. The van der Waals surface area contributed by atoms with Gasteiger partial charge in [-0.2, -0.15) is 0 Å². The molecule has 0 aromatic heterocycles. The van der Waals surface area contributed by atoms with E-state index in [1.54, 1.807) is 7.11 Å². The number of carbonyl (C=O) groups is 1. The topological polar surface area (TPSA) is 59.6 Å². The van der Waals surface area contributed by atoms with Crippen LogP contribution in [0.3, 0.4) is 0 Å². The van der Waals surface area contributed by atoms with Gasteiger partial charge < -0.3 is 20.1 Å². The minimum atomic E-state index is -0.0649. The lowest BCUT2D eigenvalue weighted by Gasteiger charge is -2.37. The molecule has 0 aliphatic carbocycles. The molecule has 0 spiro atoms. The third-order valence-electron chi connectivity index (χ3n) is 4.12. The van der Waals surface area contributed by atoms with Crippen molar-refractivity contribution >= 4 is 5.91 Å². The van der Waals surface area contributed by atoms with Crippen molar-refractivity contribution in [3.63, 3.8) is 0 Å². The molecule has 2 N–H and O–H groups in total. The van der Waals surface area contributed by atoms with Gasteiger partial charge in [-0.1, -0.05) is 30.3 Å². The number of methoxy groups -OCH3 is 1. The summed E-state index contributed by atoms with van der Waals surface area (Å²) < 4.78 is 10.8. The summed E-state index contributed by atoms with van der Waals surface area (Å²) in [5.74, 6) is -0.0649. The molecule has 0 radical (unpaired) electrons. The molecule has 0 saturated carbocycles. The zero-order chi connectivity index (χ0) is 15.7. The van der Waals surface area contributed by atoms with Gasteiger partial charge >= 0.3 is 0 Å². The molecule has 22 heavy (non-hydrogen) atoms. The van der Waals surface area contributed by atoms with E-state index in [0.717, 1.165) is 31.5 Å². The van der Waals surface area contributed by atoms with Crippen molar-refractivity contribution in [2.45, 2.75) is 19.4 Å². The molecule has 1 aromatic rings. The highest BCUT2D eigenvalue weighted by Gasteiger charge is 2.32. The second-order valence-corrected chi connectivity index (χ2v) is 5.94. The van der Waals surface area contributed by atoms with Crippen LogP contribution in [0.1, 0.15) is 18.4 Å². The Bertz CT molecular complexity index is 439. The van der Waals surface area contributed by atoms with E-state index in [1.807, 2.05) is 30.3 Å². The predicted octanol–water partition coefficient (Wildman–Crippen LogP) is 1.34. The molecule has 1 amide bonds. The zero-order valence-corrected chi connectivity index (χ0v) is 13.3. The van der Waals surface area contributed by atoms with E-state index >= 15 is 0 Å². The first-order chi connectivity index (χ1) is 10.7. The maximum absolute atomic E-state index is 11.9. The number of ether oxygens (including phenoxy) is 2. The summed E-state index contributed by atoms with van der Waals surface area (Å²) in [4.78, 5) is 11.9. The Morgan fingerprint density at radius 2 is 2.00 bits per heavy atom. The second-order valence-electron chi connectivity index (χ2n) is 5.94. The molecule has 1 heterocycles. The number of rotatable bonds is 8. The van der Waals surface area contributed by atoms with E-state index in [9.17, 15) is 4.79 Å². The molecule has 5 nitrogen and oxygen atoms in total. The van der Waals surface area contributed by atoms with E-state index in [0.29, 0.717) is 19.8 Å². The Morgan fingerprint density at radius 1 is 1.27 bits per heavy atom. The zero-order valence-electron chi connectivity index (χ0n) is 13.3. The van der Waals surface area contributed by atoms with Crippen LogP contribution in [0.2, 0.25) is 0 Å². The van der Waals surface area contributed by atoms with Gasteiger partial charge in [0.15, 0.2) is 0 Å². The summed E-state index contributed by atoms with van der Waals surface area (Å²) in [5.41, 5.74) is 1.12. The molecular weight excluding hydrogens is 280 g/mol. The molecule has 1 fully saturated rings. The summed E-state index contributed by atoms with van der Waals surface area (Å²) in [7, 11) is 1.72. The Balaban J connectivity index is 1.69. The number of nitrogens with one attached hydrogen (secondary N) is 2. The van der Waals surface area contributed by atoms with Crippen LogP contribution in [0.15, 0.2) is 30.3 Å². The summed E-state index contributed by atoms with van der Waals surface area (Å²) >= 11 is 0. The van der Waals surface area contributed by atoms with Crippen molar-refractivity contribution in [1.82, 2.24) is 10.6 Å². The SMILES string of the molecule is COCC1(CNC(=O)COCc2ccccc2)CCNCC1. The molecule has 5 heteroatoms. The molecule has 1 aliphatic heterocycles. The highest BCUT2D eigenvalue weighted by molar-refractivity contribution is 5.77. The monoisotopic (exact) mass is 306 g/mol. The minimum Gasteiger partial charge on any atom is -0.384 e. The normalized spacial score (nSPS) is 17.1. The first kappa shape index (κ1) is 16.9. The highest BCUT2D eigenvalue weighted by Crippen LogP contribution is 2.28. The van der Waals surface area contributed by atoms with Gasteiger partial charge in [-0.3, -0.25) is 4.79 Å². The van der Waals surface area contributed by atoms with Gasteiger partial charge in [0.25, 0.3) is 0 Å². The lowest BCUT2D eigenvalue weighted by atomic mass is 9.79. The fourth-order valence-electron chi connectivity index (χ4n) is 2.81. The van der Waals surface area contributed by atoms with Crippen molar-refractivity contribution in [1.29, 1.82) is 0 Å². The Morgan fingerprint density at radius 3 is 2.68 bits per heavy atom. The standard InChI is InChI=1S/C17H26N2O3/c1-21-14-17(7-9-18-10-8-17)13-19-16(20)12-22-11-15-5-3-2-4-6-15/h2-6,18H,7-14H2,1H3,(H,19,20). The summed E-state index contributed by atoms with van der Waals surface area (Å²) in [6, 6.07) is 9.86. The largest absolute Gasteiger partial charge is 0.384 e. The third-order valence-corrected chi connectivity index (χ3v) is 4.12. The van der Waals surface area contributed by atoms with E-state index < -0.39 is 0 Å². The van der Waals surface area contributed by atoms with Crippen LogP contribution in [-0.2, 0) is 20.9 Å². The quantitative estimate of drug-likeness (QED) is 0.761. The first-order valence-electron chi connectivity index (χ1n) is 7.82. The van der Waals surface area contributed by atoms with Crippen LogP contribution >= 0.6 is 0 Å². The molecule has 0 unspecified atom stereocenters. The number of hydrogen-bond donors (Lipinski definition) is 2. The maximum Gasteiger partial charge on any atom is 0.246 e. The van der Waals surface area contributed by atoms with Crippen LogP contribution in [0.5, 0.6) is 0 Å². The first-order valence-corrected chi connectivity index (χ1v) is 7.82. The third kappa shape index (κ3) is 5.40. The predicted molar refractivity (Wildman–Crippen MR) is 85.5 cm³/mol. The van der Waals surface area contributed by atoms with Crippen LogP contribution in [0, 0.1) is 5.41 Å². The van der Waals surface area contributed by atoms with Crippen molar-refractivity contribution in [3.8, 4) is 0 Å². The van der Waals surface area contributed by atoms with Gasteiger partial charge in [0.2, 0.25) is 5.91 Å². The smallest absolute Gasteiger partial charge is 0.246 e. The van der Waals surface area contributed by atoms with Gasteiger partial charge in [-0.25, -0.2) is 0 Å². The fourth-order valence-corrected chi connectivity index (χ4v) is 2.81. The van der Waals surface area contributed by atoms with Crippen molar-refractivity contribution in [3.05, 3.63) is 35.9 Å². The van der Waals surface area contributed by atoms with Gasteiger partial charge in [0.05, 0.1) is 13.2 Å². The molecular formula is C17H26N2O3. The summed E-state index contributed by atoms with van der Waals surface area (Å²) in [5, 5.41) is 6.34. The van der Waals surface area contributed by atoms with E-state index in [4.69, 9.17) is 9.47 Å². The highest BCUT2D eigenvalue weighted by atomic mass is 16.5. The van der Waals surface area contributed by atoms with E-state index in [-0.39, 0.29) is 17.9 Å². The van der Waals surface area contributed by atoms with Gasteiger partial charge in [0.1, 0.15) is 6.61 Å². The van der Waals surface area contributed by atoms with E-state index in [2.05, 4.69) is 10.6 Å². The Kier molecular flexibility index (Phi) is 6.83. The number of amides is 1. The van der Waals surface area contributed by atoms with Gasteiger partial charge in [0, 0.05) is 19.1 Å². The molecule has 2 rings (SSSR count). The second kappa shape index (κ2) is 8.88. The number of hydrogen-bond acceptors (Lipinski definition) is 4. The molecule has 1 saturated heterocycles. The minimum absolute atomic E-state index is 0.0507. The lowest BCUT2D eigenvalue weighted by molar-refractivity contribution is -0.127. The summed E-state index contributed by atoms with van der Waals surface area (Å²) in [6.07, 6.45) is 2.04. The van der Waals surface area contributed by atoms with Crippen LogP contribution < -0.4 is 10.6 Å². The van der Waals surface area contributed by atoms with Crippen molar-refractivity contribution < 1.29 is 14.3 Å².